The van der Waals surface area contributed by atoms with Gasteiger partial charge in [0, 0.05) is 12.7 Å². The van der Waals surface area contributed by atoms with Crippen molar-refractivity contribution >= 4 is 5.91 Å². The van der Waals surface area contributed by atoms with E-state index in [1.807, 2.05) is 0 Å². The number of aliphatic hydroxyl groups excluding tert-OH is 1. The molecule has 1 aliphatic heterocycles. The smallest absolute Gasteiger partial charge is 0.416 e. The third kappa shape index (κ3) is 3.58. The Hall–Kier alpha value is -2.61. The van der Waals surface area contributed by atoms with Crippen LogP contribution in [0.15, 0.2) is 42.7 Å². The maximum Gasteiger partial charge on any atom is 0.416 e. The first kappa shape index (κ1) is 17.2. The minimum atomic E-state index is -4.49. The summed E-state index contributed by atoms with van der Waals surface area (Å²) in [5, 5.41) is 19.4. The van der Waals surface area contributed by atoms with Crippen LogP contribution in [0.5, 0.6) is 5.75 Å². The van der Waals surface area contributed by atoms with Crippen molar-refractivity contribution in [1.82, 2.24) is 9.88 Å². The normalized spacial score (nSPS) is 20.7. The second kappa shape index (κ2) is 6.36. The summed E-state index contributed by atoms with van der Waals surface area (Å²) >= 11 is 0. The van der Waals surface area contributed by atoms with Crippen LogP contribution < -0.4 is 0 Å². The summed E-state index contributed by atoms with van der Waals surface area (Å²) in [6.45, 7) is -0.00456. The Morgan fingerprint density at radius 3 is 2.68 bits per heavy atom. The second-order valence-corrected chi connectivity index (χ2v) is 5.92. The number of hydrogen-bond acceptors (Lipinski definition) is 4. The van der Waals surface area contributed by atoms with Crippen LogP contribution in [0.3, 0.4) is 0 Å². The van der Waals surface area contributed by atoms with Gasteiger partial charge in [-0.15, -0.1) is 0 Å². The topological polar surface area (TPSA) is 73.7 Å². The van der Waals surface area contributed by atoms with Crippen molar-refractivity contribution in [3.8, 4) is 5.75 Å². The van der Waals surface area contributed by atoms with Gasteiger partial charge in [0.1, 0.15) is 5.75 Å². The summed E-state index contributed by atoms with van der Waals surface area (Å²) in [4.78, 5) is 17.7. The molecule has 25 heavy (non-hydrogen) atoms. The number of carbonyl (C=O) groups excluding carboxylic acids is 1. The molecule has 1 amide bonds. The van der Waals surface area contributed by atoms with E-state index in [2.05, 4.69) is 4.98 Å². The van der Waals surface area contributed by atoms with Crippen molar-refractivity contribution in [3.63, 3.8) is 0 Å². The monoisotopic (exact) mass is 352 g/mol. The maximum atomic E-state index is 12.9. The van der Waals surface area contributed by atoms with Crippen molar-refractivity contribution in [2.45, 2.75) is 24.7 Å². The molecule has 2 unspecified atom stereocenters. The zero-order valence-corrected chi connectivity index (χ0v) is 12.9. The number of likely N-dealkylation sites (tertiary alicyclic amines) is 1. The van der Waals surface area contributed by atoms with Gasteiger partial charge in [0.2, 0.25) is 0 Å². The molecule has 0 saturated carbocycles. The molecule has 0 aliphatic carbocycles. The molecule has 2 aromatic rings. The summed E-state index contributed by atoms with van der Waals surface area (Å²) in [5.74, 6) is -0.705. The minimum Gasteiger partial charge on any atom is -0.506 e. The standard InChI is InChI=1S/C17H15F3N2O3/c18-17(19,20)12-3-1-2-10(4-12)15-6-14(24)9-22(15)16(25)11-5-13(23)8-21-7-11/h1-5,7-8,14-15,23-24H,6,9H2. The highest BCUT2D eigenvalue weighted by molar-refractivity contribution is 5.94. The van der Waals surface area contributed by atoms with E-state index in [9.17, 15) is 28.2 Å². The number of alkyl halides is 3. The molecule has 0 spiro atoms. The molecule has 2 N–H and O–H groups in total. The molecule has 3 rings (SSSR count). The maximum absolute atomic E-state index is 12.9. The zero-order valence-electron chi connectivity index (χ0n) is 12.9. The van der Waals surface area contributed by atoms with Gasteiger partial charge in [0.05, 0.1) is 29.5 Å². The van der Waals surface area contributed by atoms with Crippen LogP contribution in [0.1, 0.15) is 33.9 Å². The lowest BCUT2D eigenvalue weighted by atomic mass is 10.0. The fourth-order valence-corrected chi connectivity index (χ4v) is 2.99. The Kier molecular flexibility index (Phi) is 4.38. The minimum absolute atomic E-state index is 0.00456. The Morgan fingerprint density at radius 1 is 1.24 bits per heavy atom. The predicted molar refractivity (Wildman–Crippen MR) is 81.7 cm³/mol. The Bertz CT molecular complexity index is 795. The van der Waals surface area contributed by atoms with E-state index in [0.717, 1.165) is 12.1 Å². The highest BCUT2D eigenvalue weighted by Gasteiger charge is 2.37. The quantitative estimate of drug-likeness (QED) is 0.872. The molecule has 5 nitrogen and oxygen atoms in total. The first-order valence-corrected chi connectivity index (χ1v) is 7.56. The molecule has 1 aliphatic rings. The molecular formula is C17H15F3N2O3. The van der Waals surface area contributed by atoms with Crippen molar-refractivity contribution in [2.75, 3.05) is 6.54 Å². The number of β-amino-alcohol motifs (C(OH)–C–C–N with tert-alkyl or cyclic N) is 1. The summed E-state index contributed by atoms with van der Waals surface area (Å²) in [6.07, 6.45) is -2.76. The number of rotatable bonds is 2. The van der Waals surface area contributed by atoms with Gasteiger partial charge in [-0.3, -0.25) is 9.78 Å². The van der Waals surface area contributed by atoms with Crippen LogP contribution in [-0.4, -0.2) is 38.7 Å². The third-order valence-corrected chi connectivity index (χ3v) is 4.11. The molecule has 1 saturated heterocycles. The van der Waals surface area contributed by atoms with Gasteiger partial charge in [-0.2, -0.15) is 13.2 Å². The van der Waals surface area contributed by atoms with Crippen LogP contribution in [-0.2, 0) is 6.18 Å². The van der Waals surface area contributed by atoms with E-state index in [1.54, 1.807) is 0 Å². The average molecular weight is 352 g/mol. The number of carbonyl (C=O) groups is 1. The SMILES string of the molecule is O=C(c1cncc(O)c1)N1CC(O)CC1c1cccc(C(F)(F)F)c1. The molecule has 8 heteroatoms. The molecule has 1 aromatic carbocycles. The lowest BCUT2D eigenvalue weighted by Gasteiger charge is -2.25. The van der Waals surface area contributed by atoms with E-state index >= 15 is 0 Å². The summed E-state index contributed by atoms with van der Waals surface area (Å²) < 4.78 is 38.8. The van der Waals surface area contributed by atoms with E-state index in [1.165, 1.54) is 35.5 Å². The average Bonchev–Trinajstić information content (AvgIpc) is 2.95. The van der Waals surface area contributed by atoms with Crippen LogP contribution in [0.25, 0.3) is 0 Å². The van der Waals surface area contributed by atoms with E-state index in [-0.39, 0.29) is 24.3 Å². The highest BCUT2D eigenvalue weighted by atomic mass is 19.4. The lowest BCUT2D eigenvalue weighted by molar-refractivity contribution is -0.137. The van der Waals surface area contributed by atoms with Crippen LogP contribution in [0.2, 0.25) is 0 Å². The number of nitrogens with zero attached hydrogens (tertiary/aromatic N) is 2. The molecule has 1 fully saturated rings. The third-order valence-electron chi connectivity index (χ3n) is 4.11. The van der Waals surface area contributed by atoms with Crippen LogP contribution >= 0.6 is 0 Å². The first-order valence-electron chi connectivity index (χ1n) is 7.56. The Labute approximate surface area is 141 Å². The summed E-state index contributed by atoms with van der Waals surface area (Å²) in [5.41, 5.74) is -0.406. The van der Waals surface area contributed by atoms with Gasteiger partial charge in [-0.05, 0) is 30.2 Å². The zero-order chi connectivity index (χ0) is 18.2. The van der Waals surface area contributed by atoms with Gasteiger partial charge >= 0.3 is 6.18 Å². The van der Waals surface area contributed by atoms with E-state index in [4.69, 9.17) is 0 Å². The highest BCUT2D eigenvalue weighted by Crippen LogP contribution is 2.37. The van der Waals surface area contributed by atoms with Crippen molar-refractivity contribution in [2.24, 2.45) is 0 Å². The predicted octanol–water partition coefficient (Wildman–Crippen LogP) is 2.75. The summed E-state index contributed by atoms with van der Waals surface area (Å²) in [6, 6.07) is 5.26. The number of benzene rings is 1. The van der Waals surface area contributed by atoms with E-state index in [0.29, 0.717) is 5.56 Å². The number of aliphatic hydroxyl groups is 1. The largest absolute Gasteiger partial charge is 0.506 e. The van der Waals surface area contributed by atoms with Gasteiger partial charge in [0.25, 0.3) is 5.91 Å². The van der Waals surface area contributed by atoms with Gasteiger partial charge in [-0.1, -0.05) is 12.1 Å². The molecule has 2 heterocycles. The molecule has 2 atom stereocenters. The lowest BCUT2D eigenvalue weighted by Crippen LogP contribution is -2.32. The number of pyridine rings is 1. The molecule has 0 bridgehead atoms. The van der Waals surface area contributed by atoms with Crippen molar-refractivity contribution in [1.29, 1.82) is 0 Å². The van der Waals surface area contributed by atoms with Crippen molar-refractivity contribution < 1.29 is 28.2 Å². The van der Waals surface area contributed by atoms with Crippen molar-refractivity contribution in [3.05, 3.63) is 59.4 Å². The van der Waals surface area contributed by atoms with Gasteiger partial charge in [0.15, 0.2) is 0 Å². The number of halogens is 3. The second-order valence-electron chi connectivity index (χ2n) is 5.92. The fourth-order valence-electron chi connectivity index (χ4n) is 2.99. The molecular weight excluding hydrogens is 337 g/mol. The first-order chi connectivity index (χ1) is 11.8. The fraction of sp³-hybridized carbons (Fsp3) is 0.294. The Balaban J connectivity index is 1.94. The molecule has 1 aromatic heterocycles. The van der Waals surface area contributed by atoms with Gasteiger partial charge < -0.3 is 15.1 Å². The number of aromatic nitrogens is 1. The number of aromatic hydroxyl groups is 1. The van der Waals surface area contributed by atoms with E-state index < -0.39 is 29.8 Å². The molecule has 132 valence electrons. The Morgan fingerprint density at radius 2 is 2.00 bits per heavy atom. The number of hydrogen-bond donors (Lipinski definition) is 2. The van der Waals surface area contributed by atoms with Gasteiger partial charge in [-0.25, -0.2) is 0 Å². The van der Waals surface area contributed by atoms with Crippen LogP contribution in [0, 0.1) is 0 Å². The number of amides is 1. The summed E-state index contributed by atoms with van der Waals surface area (Å²) in [7, 11) is 0. The van der Waals surface area contributed by atoms with Crippen LogP contribution in [0.4, 0.5) is 13.2 Å². The molecule has 0 radical (unpaired) electrons.